The van der Waals surface area contributed by atoms with Gasteiger partial charge in [0, 0.05) is 6.04 Å². The Morgan fingerprint density at radius 1 is 1.62 bits per heavy atom. The fraction of sp³-hybridized carbons (Fsp3) is 0.500. The summed E-state index contributed by atoms with van der Waals surface area (Å²) in [4.78, 5) is 2.19. The van der Waals surface area contributed by atoms with Gasteiger partial charge in [-0.1, -0.05) is 0 Å². The Balaban J connectivity index is 2.43. The Morgan fingerprint density at radius 3 is 3.08 bits per heavy atom. The van der Waals surface area contributed by atoms with Crippen LogP contribution in [0.25, 0.3) is 0 Å². The number of rotatable bonds is 1. The second-order valence-electron chi connectivity index (χ2n) is 3.39. The number of hydrogen-bond acceptors (Lipinski definition) is 5. The summed E-state index contributed by atoms with van der Waals surface area (Å²) in [5.41, 5.74) is 7.62. The third kappa shape index (κ3) is 1.16. The molecule has 0 saturated heterocycles. The fourth-order valence-corrected chi connectivity index (χ4v) is 1.50. The first-order valence-corrected chi connectivity index (χ1v) is 4.32. The Morgan fingerprint density at radius 2 is 2.38 bits per heavy atom. The van der Waals surface area contributed by atoms with E-state index in [4.69, 9.17) is 5.73 Å². The second kappa shape index (κ2) is 2.76. The summed E-state index contributed by atoms with van der Waals surface area (Å²) < 4.78 is 0. The molecular formula is C8H13N5. The third-order valence-corrected chi connectivity index (χ3v) is 2.22. The van der Waals surface area contributed by atoms with Crippen LogP contribution in [0, 0.1) is 0 Å². The number of nitrogen functional groups attached to an aromatic ring is 1. The van der Waals surface area contributed by atoms with Crippen molar-refractivity contribution in [3.8, 4) is 0 Å². The fourth-order valence-electron chi connectivity index (χ4n) is 1.50. The minimum absolute atomic E-state index is 0.442. The molecule has 5 heteroatoms. The molecule has 0 aromatic carbocycles. The molecule has 2 heterocycles. The van der Waals surface area contributed by atoms with Crippen LogP contribution in [0.4, 0.5) is 17.2 Å². The van der Waals surface area contributed by atoms with Gasteiger partial charge < -0.3 is 16.0 Å². The molecule has 1 aromatic heterocycles. The van der Waals surface area contributed by atoms with E-state index in [2.05, 4.69) is 34.3 Å². The number of fused-ring (bicyclic) bond motifs is 1. The monoisotopic (exact) mass is 179 g/mol. The molecule has 2 rings (SSSR count). The number of aromatic nitrogens is 2. The van der Waals surface area contributed by atoms with E-state index in [1.165, 1.54) is 0 Å². The van der Waals surface area contributed by atoms with Gasteiger partial charge in [0.2, 0.25) is 0 Å². The van der Waals surface area contributed by atoms with Crippen LogP contribution in [0.15, 0.2) is 6.20 Å². The van der Waals surface area contributed by atoms with Crippen molar-refractivity contribution in [1.29, 1.82) is 0 Å². The van der Waals surface area contributed by atoms with E-state index < -0.39 is 0 Å². The van der Waals surface area contributed by atoms with Gasteiger partial charge in [0.15, 0.2) is 5.82 Å². The molecule has 13 heavy (non-hydrogen) atoms. The van der Waals surface area contributed by atoms with Gasteiger partial charge in [-0.05, 0) is 13.8 Å². The van der Waals surface area contributed by atoms with Gasteiger partial charge in [-0.15, -0.1) is 5.10 Å². The lowest BCUT2D eigenvalue weighted by Gasteiger charge is -2.21. The summed E-state index contributed by atoms with van der Waals surface area (Å²) >= 11 is 0. The molecule has 0 aliphatic carbocycles. The molecule has 0 atom stereocenters. The maximum absolute atomic E-state index is 5.67. The molecule has 5 nitrogen and oxygen atoms in total. The van der Waals surface area contributed by atoms with E-state index in [1.54, 1.807) is 6.20 Å². The van der Waals surface area contributed by atoms with Crippen molar-refractivity contribution in [3.63, 3.8) is 0 Å². The predicted octanol–water partition coefficient (Wildman–Crippen LogP) is 0.657. The van der Waals surface area contributed by atoms with Gasteiger partial charge in [-0.2, -0.15) is 5.10 Å². The Hall–Kier alpha value is -1.52. The van der Waals surface area contributed by atoms with Crippen LogP contribution in [0.5, 0.6) is 0 Å². The van der Waals surface area contributed by atoms with Gasteiger partial charge in [0.25, 0.3) is 0 Å². The van der Waals surface area contributed by atoms with Crippen LogP contribution in [0.3, 0.4) is 0 Å². The van der Waals surface area contributed by atoms with Crippen molar-refractivity contribution in [2.75, 3.05) is 22.6 Å². The minimum atomic E-state index is 0.442. The zero-order valence-electron chi connectivity index (χ0n) is 7.78. The third-order valence-electron chi connectivity index (χ3n) is 2.22. The standard InChI is InChI=1S/C8H13N5/c1-5(2)13-4-10-7-6(13)3-11-12-8(7)9/h3,5,10H,4H2,1-2H3,(H2,9,12). The first-order chi connectivity index (χ1) is 6.20. The van der Waals surface area contributed by atoms with E-state index in [9.17, 15) is 0 Å². The predicted molar refractivity (Wildman–Crippen MR) is 52.5 cm³/mol. The molecule has 0 radical (unpaired) electrons. The molecule has 70 valence electrons. The highest BCUT2D eigenvalue weighted by Gasteiger charge is 2.23. The second-order valence-corrected chi connectivity index (χ2v) is 3.39. The summed E-state index contributed by atoms with van der Waals surface area (Å²) in [5, 5.41) is 10.8. The Labute approximate surface area is 76.9 Å². The first-order valence-electron chi connectivity index (χ1n) is 4.32. The van der Waals surface area contributed by atoms with E-state index >= 15 is 0 Å². The smallest absolute Gasteiger partial charge is 0.171 e. The van der Waals surface area contributed by atoms with E-state index in [-0.39, 0.29) is 0 Å². The van der Waals surface area contributed by atoms with Crippen molar-refractivity contribution in [2.45, 2.75) is 19.9 Å². The van der Waals surface area contributed by atoms with Gasteiger partial charge in [0.1, 0.15) is 5.69 Å². The highest BCUT2D eigenvalue weighted by molar-refractivity contribution is 5.82. The maximum atomic E-state index is 5.67. The van der Waals surface area contributed by atoms with Crippen LogP contribution in [0.1, 0.15) is 13.8 Å². The van der Waals surface area contributed by atoms with Crippen molar-refractivity contribution in [3.05, 3.63) is 6.20 Å². The molecule has 0 spiro atoms. The SMILES string of the molecule is CC(C)N1CNc2c1cnnc2N. The zero-order chi connectivity index (χ0) is 9.42. The Bertz CT molecular complexity index is 322. The van der Waals surface area contributed by atoms with Crippen molar-refractivity contribution < 1.29 is 0 Å². The molecule has 1 aliphatic rings. The largest absolute Gasteiger partial charge is 0.380 e. The lowest BCUT2D eigenvalue weighted by atomic mass is 10.3. The average Bonchev–Trinajstić information content (AvgIpc) is 2.48. The van der Waals surface area contributed by atoms with E-state index in [1.807, 2.05) is 0 Å². The molecule has 1 aliphatic heterocycles. The lowest BCUT2D eigenvalue weighted by molar-refractivity contribution is 0.725. The summed E-state index contributed by atoms with van der Waals surface area (Å²) in [6, 6.07) is 0.442. The van der Waals surface area contributed by atoms with Crippen molar-refractivity contribution in [1.82, 2.24) is 10.2 Å². The van der Waals surface area contributed by atoms with Crippen LogP contribution >= 0.6 is 0 Å². The number of nitrogens with zero attached hydrogens (tertiary/aromatic N) is 3. The van der Waals surface area contributed by atoms with Gasteiger partial charge in [0.05, 0.1) is 18.6 Å². The average molecular weight is 179 g/mol. The molecule has 0 bridgehead atoms. The van der Waals surface area contributed by atoms with E-state index in [0.29, 0.717) is 11.9 Å². The molecule has 1 aromatic rings. The van der Waals surface area contributed by atoms with E-state index in [0.717, 1.165) is 18.0 Å². The number of nitrogens with one attached hydrogen (secondary N) is 1. The summed E-state index contributed by atoms with van der Waals surface area (Å²) in [6.45, 7) is 5.05. The Kier molecular flexibility index (Phi) is 1.72. The summed E-state index contributed by atoms with van der Waals surface area (Å²) in [6.07, 6.45) is 1.74. The normalized spacial score (nSPS) is 14.5. The summed E-state index contributed by atoms with van der Waals surface area (Å²) in [5.74, 6) is 0.473. The molecule has 0 saturated carbocycles. The zero-order valence-corrected chi connectivity index (χ0v) is 7.78. The van der Waals surface area contributed by atoms with Gasteiger partial charge in [-0.25, -0.2) is 0 Å². The first kappa shape index (κ1) is 8.10. The molecular weight excluding hydrogens is 166 g/mol. The van der Waals surface area contributed by atoms with Crippen LogP contribution in [-0.4, -0.2) is 22.9 Å². The quantitative estimate of drug-likeness (QED) is 0.662. The van der Waals surface area contributed by atoms with Crippen molar-refractivity contribution >= 4 is 17.2 Å². The number of anilines is 3. The number of nitrogens with two attached hydrogens (primary N) is 1. The van der Waals surface area contributed by atoms with Crippen LogP contribution in [-0.2, 0) is 0 Å². The van der Waals surface area contributed by atoms with Gasteiger partial charge >= 0.3 is 0 Å². The molecule has 0 fully saturated rings. The lowest BCUT2D eigenvalue weighted by Crippen LogP contribution is -2.30. The van der Waals surface area contributed by atoms with Crippen LogP contribution in [0.2, 0.25) is 0 Å². The number of hydrogen-bond donors (Lipinski definition) is 2. The summed E-state index contributed by atoms with van der Waals surface area (Å²) in [7, 11) is 0. The molecule has 0 amide bonds. The minimum Gasteiger partial charge on any atom is -0.380 e. The van der Waals surface area contributed by atoms with Crippen LogP contribution < -0.4 is 16.0 Å². The van der Waals surface area contributed by atoms with Gasteiger partial charge in [-0.3, -0.25) is 0 Å². The molecule has 0 unspecified atom stereocenters. The topological polar surface area (TPSA) is 67.1 Å². The van der Waals surface area contributed by atoms with Crippen molar-refractivity contribution in [2.24, 2.45) is 0 Å². The molecule has 3 N–H and O–H groups in total. The highest BCUT2D eigenvalue weighted by atomic mass is 15.3. The highest BCUT2D eigenvalue weighted by Crippen LogP contribution is 2.34. The maximum Gasteiger partial charge on any atom is 0.171 e.